The van der Waals surface area contributed by atoms with Crippen LogP contribution in [0.25, 0.3) is 121 Å². The number of nitrogens with zero attached hydrogens (tertiary/aromatic N) is 2. The molecule has 3 heteroatoms. The third-order valence-electron chi connectivity index (χ3n) is 12.6. The number of hydrogen-bond acceptors (Lipinski definition) is 1. The maximum Gasteiger partial charge on any atom is 0.136 e. The number of hydrogen-bond donors (Lipinski definition) is 0. The van der Waals surface area contributed by atoms with Crippen molar-refractivity contribution < 1.29 is 11.3 Å². The van der Waals surface area contributed by atoms with Crippen molar-refractivity contribution >= 4 is 65.6 Å². The van der Waals surface area contributed by atoms with Gasteiger partial charge in [-0.3, -0.25) is 0 Å². The molecule has 0 aliphatic rings. The van der Waals surface area contributed by atoms with Gasteiger partial charge in [-0.25, -0.2) is 0 Å². The molecular formula is C60H38N2O. The second-order valence-electron chi connectivity index (χ2n) is 16.1. The van der Waals surface area contributed by atoms with Crippen LogP contribution in [0.3, 0.4) is 0 Å². The minimum absolute atomic E-state index is 0.149. The molecule has 0 aliphatic carbocycles. The van der Waals surface area contributed by atoms with Crippen molar-refractivity contribution in [3.05, 3.63) is 230 Å². The van der Waals surface area contributed by atoms with Crippen molar-refractivity contribution in [3.63, 3.8) is 0 Å². The minimum atomic E-state index is -0.420. The first kappa shape index (κ1) is 30.6. The molecule has 0 saturated heterocycles. The van der Waals surface area contributed by atoms with Gasteiger partial charge in [-0.05, 0) is 123 Å². The van der Waals surface area contributed by atoms with Crippen molar-refractivity contribution in [3.8, 4) is 55.9 Å². The average molecular weight is 808 g/mol. The van der Waals surface area contributed by atoms with Crippen LogP contribution < -0.4 is 0 Å². The standard InChI is InChI=1S/C60H38N2O/c1-4-15-39(16-5-1)44-33-45(40-17-6-2-7-18-40)35-47(34-44)62-55-25-13-11-22-50(55)52-37-43(28-31-57(52)62)42-27-30-56-51(36-42)49-21-10-12-24-54(49)61(56)46-29-32-58-53(38-46)60-48(23-14-26-59(60)63-58)41-19-8-3-9-20-41/h1-38H/i3D,8D,9D,19D,20D. The Hall–Kier alpha value is -8.40. The van der Waals surface area contributed by atoms with Crippen LogP contribution in [0.2, 0.25) is 0 Å². The molecule has 294 valence electrons. The summed E-state index contributed by atoms with van der Waals surface area (Å²) < 4.78 is 53.6. The largest absolute Gasteiger partial charge is 0.456 e. The van der Waals surface area contributed by atoms with E-state index in [4.69, 9.17) is 11.3 Å². The zero-order valence-corrected chi connectivity index (χ0v) is 33.9. The topological polar surface area (TPSA) is 23.0 Å². The molecule has 0 radical (unpaired) electrons. The zero-order chi connectivity index (χ0) is 45.8. The third kappa shape index (κ3) is 5.67. The smallest absolute Gasteiger partial charge is 0.136 e. The van der Waals surface area contributed by atoms with Crippen molar-refractivity contribution in [2.24, 2.45) is 0 Å². The molecule has 0 spiro atoms. The van der Waals surface area contributed by atoms with Crippen LogP contribution in [-0.4, -0.2) is 9.13 Å². The summed E-state index contributed by atoms with van der Waals surface area (Å²) in [5.74, 6) is 0. The molecular weight excluding hydrogens is 765 g/mol. The molecule has 0 aliphatic heterocycles. The highest BCUT2D eigenvalue weighted by atomic mass is 16.3. The molecule has 10 aromatic carbocycles. The Morgan fingerprint density at radius 3 is 1.49 bits per heavy atom. The molecule has 0 bridgehead atoms. The zero-order valence-electron chi connectivity index (χ0n) is 38.9. The molecule has 63 heavy (non-hydrogen) atoms. The van der Waals surface area contributed by atoms with E-state index in [1.54, 1.807) is 12.1 Å². The Bertz CT molecular complexity index is 4120. The van der Waals surface area contributed by atoms with E-state index in [2.05, 4.69) is 185 Å². The van der Waals surface area contributed by atoms with Gasteiger partial charge in [0.2, 0.25) is 0 Å². The van der Waals surface area contributed by atoms with Crippen LogP contribution in [-0.2, 0) is 0 Å². The molecule has 3 heterocycles. The number of rotatable bonds is 6. The lowest BCUT2D eigenvalue weighted by Crippen LogP contribution is -1.96. The maximum atomic E-state index is 8.80. The predicted octanol–water partition coefficient (Wildman–Crippen LogP) is 16.4. The molecule has 0 fully saturated rings. The predicted molar refractivity (Wildman–Crippen MR) is 264 cm³/mol. The molecule has 0 saturated carbocycles. The summed E-state index contributed by atoms with van der Waals surface area (Å²) in [7, 11) is 0. The van der Waals surface area contributed by atoms with Gasteiger partial charge in [0.15, 0.2) is 0 Å². The highest BCUT2D eigenvalue weighted by Gasteiger charge is 2.19. The van der Waals surface area contributed by atoms with E-state index in [1.807, 2.05) is 12.1 Å². The maximum absolute atomic E-state index is 8.80. The quantitative estimate of drug-likeness (QED) is 0.164. The summed E-state index contributed by atoms with van der Waals surface area (Å²) >= 11 is 0. The molecule has 13 aromatic rings. The molecule has 13 rings (SSSR count). The fourth-order valence-electron chi connectivity index (χ4n) is 9.74. The highest BCUT2D eigenvalue weighted by molar-refractivity contribution is 6.15. The number of para-hydroxylation sites is 2. The molecule has 0 unspecified atom stereocenters. The first-order valence-electron chi connectivity index (χ1n) is 23.7. The Kier molecular flexibility index (Phi) is 6.84. The monoisotopic (exact) mass is 807 g/mol. The van der Waals surface area contributed by atoms with E-state index < -0.39 is 6.04 Å². The first-order valence-corrected chi connectivity index (χ1v) is 21.2. The van der Waals surface area contributed by atoms with Crippen LogP contribution >= 0.6 is 0 Å². The first-order chi connectivity index (χ1) is 33.3. The Morgan fingerprint density at radius 1 is 0.317 bits per heavy atom. The van der Waals surface area contributed by atoms with Gasteiger partial charge in [-0.15, -0.1) is 0 Å². The summed E-state index contributed by atoms with van der Waals surface area (Å²) in [6.45, 7) is 0. The van der Waals surface area contributed by atoms with Gasteiger partial charge in [-0.1, -0.05) is 152 Å². The van der Waals surface area contributed by atoms with Crippen LogP contribution in [0.15, 0.2) is 235 Å². The highest BCUT2D eigenvalue weighted by Crippen LogP contribution is 2.42. The Labute approximate surface area is 371 Å². The SMILES string of the molecule is [2H]c1c([2H])c([2H])c(-c2cccc3oc4ccc(-n5c6ccccc6c6cc(-c7ccc8c(c7)c7ccccc7n8-c7cc(-c8ccccc8)cc(-c8ccccc8)c7)ccc65)cc4c23)c([2H])c1[2H]. The van der Waals surface area contributed by atoms with Crippen molar-refractivity contribution in [2.45, 2.75) is 0 Å². The van der Waals surface area contributed by atoms with Crippen molar-refractivity contribution in [1.29, 1.82) is 0 Å². The van der Waals surface area contributed by atoms with Crippen LogP contribution in [0, 0.1) is 0 Å². The van der Waals surface area contributed by atoms with Crippen molar-refractivity contribution in [1.82, 2.24) is 9.13 Å². The van der Waals surface area contributed by atoms with Gasteiger partial charge in [0.25, 0.3) is 0 Å². The van der Waals surface area contributed by atoms with Gasteiger partial charge in [-0.2, -0.15) is 0 Å². The second kappa shape index (κ2) is 14.1. The van der Waals surface area contributed by atoms with E-state index in [0.717, 1.165) is 71.9 Å². The van der Waals surface area contributed by atoms with Crippen molar-refractivity contribution in [2.75, 3.05) is 0 Å². The van der Waals surface area contributed by atoms with Crippen LogP contribution in [0.5, 0.6) is 0 Å². The summed E-state index contributed by atoms with van der Waals surface area (Å²) in [4.78, 5) is 0. The molecule has 0 N–H and O–H groups in total. The summed E-state index contributed by atoms with van der Waals surface area (Å²) in [6.07, 6.45) is 0. The number of benzene rings is 10. The van der Waals surface area contributed by atoms with Gasteiger partial charge in [0.05, 0.1) is 28.9 Å². The van der Waals surface area contributed by atoms with Crippen LogP contribution in [0.4, 0.5) is 0 Å². The average Bonchev–Trinajstić information content (AvgIpc) is 4.05. The van der Waals surface area contributed by atoms with E-state index in [0.29, 0.717) is 22.1 Å². The van der Waals surface area contributed by atoms with E-state index >= 15 is 0 Å². The van der Waals surface area contributed by atoms with E-state index in [9.17, 15) is 0 Å². The summed E-state index contributed by atoms with van der Waals surface area (Å²) in [5.41, 5.74) is 15.2. The normalized spacial score (nSPS) is 12.9. The summed E-state index contributed by atoms with van der Waals surface area (Å²) in [6, 6.07) is 68.6. The van der Waals surface area contributed by atoms with Gasteiger partial charge in [0, 0.05) is 43.7 Å². The lowest BCUT2D eigenvalue weighted by molar-refractivity contribution is 0.669. The Balaban J connectivity index is 0.962. The van der Waals surface area contributed by atoms with Gasteiger partial charge < -0.3 is 13.6 Å². The van der Waals surface area contributed by atoms with E-state index in [-0.39, 0.29) is 29.7 Å². The van der Waals surface area contributed by atoms with Crippen LogP contribution in [0.1, 0.15) is 6.85 Å². The third-order valence-corrected chi connectivity index (χ3v) is 12.6. The lowest BCUT2D eigenvalue weighted by Gasteiger charge is -2.14. The second-order valence-corrected chi connectivity index (χ2v) is 16.1. The fourth-order valence-corrected chi connectivity index (χ4v) is 9.74. The molecule has 3 nitrogen and oxygen atoms in total. The lowest BCUT2D eigenvalue weighted by atomic mass is 9.98. The molecule has 0 amide bonds. The number of fused-ring (bicyclic) bond motifs is 9. The Morgan fingerprint density at radius 2 is 0.873 bits per heavy atom. The minimum Gasteiger partial charge on any atom is -0.456 e. The number of furan rings is 1. The fraction of sp³-hybridized carbons (Fsp3) is 0. The van der Waals surface area contributed by atoms with Gasteiger partial charge >= 0.3 is 0 Å². The molecule has 3 aromatic heterocycles. The van der Waals surface area contributed by atoms with Gasteiger partial charge in [0.1, 0.15) is 11.2 Å². The molecule has 0 atom stereocenters. The number of aromatic nitrogens is 2. The van der Waals surface area contributed by atoms with E-state index in [1.165, 1.54) is 21.9 Å². The summed E-state index contributed by atoms with van der Waals surface area (Å²) in [5, 5.41) is 6.08.